The number of nitrogens with one attached hydrogen (secondary N) is 4. The predicted octanol–water partition coefficient (Wildman–Crippen LogP) is 4.63. The van der Waals surface area contributed by atoms with Gasteiger partial charge in [-0.1, -0.05) is 42.5 Å². The van der Waals surface area contributed by atoms with Crippen LogP contribution >= 0.6 is 0 Å². The minimum Gasteiger partial charge on any atom is -0.497 e. The van der Waals surface area contributed by atoms with Crippen LogP contribution in [-0.4, -0.2) is 30.7 Å². The topological polar surface area (TPSA) is 156 Å². The summed E-state index contributed by atoms with van der Waals surface area (Å²) in [7, 11) is 1.51. The highest BCUT2D eigenvalue weighted by molar-refractivity contribution is 6.07. The number of nitrogens with two attached hydrogens (primary N) is 1. The molecule has 1 atom stereocenters. The molecule has 214 valence electrons. The highest BCUT2D eigenvalue weighted by Gasteiger charge is 2.26. The minimum atomic E-state index is -0.981. The van der Waals surface area contributed by atoms with E-state index in [2.05, 4.69) is 16.0 Å². The quantitative estimate of drug-likeness (QED) is 0.0769. The second kappa shape index (κ2) is 13.6. The molecule has 0 fully saturated rings. The fourth-order valence-corrected chi connectivity index (χ4v) is 4.19. The third-order valence-electron chi connectivity index (χ3n) is 6.28. The summed E-state index contributed by atoms with van der Waals surface area (Å²) in [5.41, 5.74) is 8.54. The molecule has 10 nitrogen and oxygen atoms in total. The molecule has 42 heavy (non-hydrogen) atoms. The van der Waals surface area contributed by atoms with E-state index in [0.717, 1.165) is 5.56 Å². The van der Waals surface area contributed by atoms with Crippen LogP contribution in [-0.2, 0) is 16.1 Å². The third kappa shape index (κ3) is 7.51. The maximum Gasteiger partial charge on any atom is 0.308 e. The van der Waals surface area contributed by atoms with Crippen molar-refractivity contribution in [2.45, 2.75) is 19.5 Å². The van der Waals surface area contributed by atoms with Crippen LogP contribution in [0.25, 0.3) is 0 Å². The number of carbonyl (C=O) groups excluding carboxylic acids is 3. The number of benzene rings is 4. The molecule has 0 bridgehead atoms. The van der Waals surface area contributed by atoms with Gasteiger partial charge in [0.15, 0.2) is 0 Å². The van der Waals surface area contributed by atoms with Gasteiger partial charge in [-0.15, -0.1) is 0 Å². The fourth-order valence-electron chi connectivity index (χ4n) is 4.19. The zero-order chi connectivity index (χ0) is 30.1. The van der Waals surface area contributed by atoms with E-state index in [0.29, 0.717) is 28.3 Å². The Morgan fingerprint density at radius 3 is 2.26 bits per heavy atom. The Bertz CT molecular complexity index is 1590. The normalized spacial score (nSPS) is 11.1. The first kappa shape index (κ1) is 29.3. The summed E-state index contributed by atoms with van der Waals surface area (Å²) in [6.45, 7) is 1.53. The molecule has 4 rings (SSSR count). The van der Waals surface area contributed by atoms with E-state index < -0.39 is 17.9 Å². The predicted molar refractivity (Wildman–Crippen MR) is 161 cm³/mol. The van der Waals surface area contributed by atoms with Crippen molar-refractivity contribution in [1.82, 2.24) is 5.32 Å². The number of methoxy groups -OCH3 is 1. The number of esters is 1. The smallest absolute Gasteiger partial charge is 0.308 e. The molecule has 0 saturated carbocycles. The Morgan fingerprint density at radius 1 is 0.905 bits per heavy atom. The van der Waals surface area contributed by atoms with Gasteiger partial charge in [-0.2, -0.15) is 0 Å². The van der Waals surface area contributed by atoms with Crippen LogP contribution in [0.4, 0.5) is 11.4 Å². The number of rotatable bonds is 11. The molecule has 1 unspecified atom stereocenters. The van der Waals surface area contributed by atoms with E-state index in [1.165, 1.54) is 26.2 Å². The minimum absolute atomic E-state index is 0.0782. The van der Waals surface area contributed by atoms with E-state index in [1.807, 2.05) is 30.3 Å². The third-order valence-corrected chi connectivity index (χ3v) is 6.28. The second-order valence-electron chi connectivity index (χ2n) is 9.27. The summed E-state index contributed by atoms with van der Waals surface area (Å²) < 4.78 is 10.7. The van der Waals surface area contributed by atoms with E-state index in [1.54, 1.807) is 54.6 Å². The van der Waals surface area contributed by atoms with Gasteiger partial charge < -0.3 is 31.2 Å². The lowest BCUT2D eigenvalue weighted by Crippen LogP contribution is -2.34. The standard InChI is InChI=1S/C32H31N5O5/c1-20(38)42-28-11-7-6-10-25(28)31(39)37-27-17-16-24(41-2)18-26(27)29(32(40)35-19-21-8-4-3-5-9-21)36-23-14-12-22(13-15-23)30(33)34/h3-18,29,36H,19H2,1-2H3,(H3,33,34)(H,35,40)(H,37,39). The lowest BCUT2D eigenvalue weighted by molar-refractivity contribution is -0.131. The SMILES string of the molecule is COc1ccc(NC(=O)c2ccccc2OC(C)=O)c(C(Nc2ccc(C(=N)N)cc2)C(=O)NCc2ccccc2)c1. The molecule has 0 aliphatic rings. The number of amidine groups is 1. The van der Waals surface area contributed by atoms with Gasteiger partial charge in [0.05, 0.1) is 12.7 Å². The molecular weight excluding hydrogens is 534 g/mol. The van der Waals surface area contributed by atoms with Crippen molar-refractivity contribution in [2.75, 3.05) is 17.7 Å². The Hall–Kier alpha value is -5.64. The van der Waals surface area contributed by atoms with Crippen molar-refractivity contribution in [3.05, 3.63) is 119 Å². The molecule has 6 N–H and O–H groups in total. The van der Waals surface area contributed by atoms with Gasteiger partial charge in [0.25, 0.3) is 5.91 Å². The Balaban J connectivity index is 1.71. The molecule has 0 heterocycles. The lowest BCUT2D eigenvalue weighted by atomic mass is 10.0. The van der Waals surface area contributed by atoms with Gasteiger partial charge in [0, 0.05) is 36.0 Å². The molecular formula is C32H31N5O5. The summed E-state index contributed by atoms with van der Waals surface area (Å²) in [6, 6.07) is 26.6. The van der Waals surface area contributed by atoms with Crippen molar-refractivity contribution < 1.29 is 23.9 Å². The summed E-state index contributed by atoms with van der Waals surface area (Å²) in [5.74, 6) is -0.955. The molecule has 0 aromatic heterocycles. The van der Waals surface area contributed by atoms with Crippen molar-refractivity contribution in [3.8, 4) is 11.5 Å². The van der Waals surface area contributed by atoms with Crippen LogP contribution in [0.15, 0.2) is 97.1 Å². The van der Waals surface area contributed by atoms with Gasteiger partial charge in [-0.25, -0.2) is 0 Å². The van der Waals surface area contributed by atoms with E-state index in [4.69, 9.17) is 20.6 Å². The first-order chi connectivity index (χ1) is 20.2. The van der Waals surface area contributed by atoms with Gasteiger partial charge in [-0.3, -0.25) is 19.8 Å². The van der Waals surface area contributed by atoms with Crippen molar-refractivity contribution in [1.29, 1.82) is 5.41 Å². The average Bonchev–Trinajstić information content (AvgIpc) is 2.99. The largest absolute Gasteiger partial charge is 0.497 e. The summed E-state index contributed by atoms with van der Waals surface area (Å²) >= 11 is 0. The highest BCUT2D eigenvalue weighted by atomic mass is 16.5. The van der Waals surface area contributed by atoms with E-state index in [-0.39, 0.29) is 29.6 Å². The molecule has 0 aliphatic carbocycles. The Morgan fingerprint density at radius 2 is 1.60 bits per heavy atom. The zero-order valence-corrected chi connectivity index (χ0v) is 23.1. The maximum atomic E-state index is 13.7. The van der Waals surface area contributed by atoms with Crippen molar-refractivity contribution in [3.63, 3.8) is 0 Å². The summed E-state index contributed by atoms with van der Waals surface area (Å²) in [5, 5.41) is 16.7. The molecule has 0 radical (unpaired) electrons. The summed E-state index contributed by atoms with van der Waals surface area (Å²) in [6.07, 6.45) is 0. The van der Waals surface area contributed by atoms with Gasteiger partial charge >= 0.3 is 5.97 Å². The number of anilines is 2. The number of ether oxygens (including phenoxy) is 2. The van der Waals surface area contributed by atoms with E-state index in [9.17, 15) is 14.4 Å². The molecule has 0 saturated heterocycles. The van der Waals surface area contributed by atoms with Crippen LogP contribution in [0.5, 0.6) is 11.5 Å². The van der Waals surface area contributed by atoms with Crippen LogP contribution in [0, 0.1) is 5.41 Å². The molecule has 0 aliphatic heterocycles. The molecule has 0 spiro atoms. The maximum absolute atomic E-state index is 13.7. The van der Waals surface area contributed by atoms with Crippen LogP contribution in [0.3, 0.4) is 0 Å². The molecule has 4 aromatic rings. The lowest BCUT2D eigenvalue weighted by Gasteiger charge is -2.24. The number of carbonyl (C=O) groups is 3. The second-order valence-corrected chi connectivity index (χ2v) is 9.27. The number of hydrogen-bond acceptors (Lipinski definition) is 7. The first-order valence-corrected chi connectivity index (χ1v) is 13.0. The van der Waals surface area contributed by atoms with Gasteiger partial charge in [-0.05, 0) is 60.2 Å². The highest BCUT2D eigenvalue weighted by Crippen LogP contribution is 2.32. The monoisotopic (exact) mass is 565 g/mol. The number of hydrogen-bond donors (Lipinski definition) is 5. The number of para-hydroxylation sites is 1. The Kier molecular flexibility index (Phi) is 9.52. The van der Waals surface area contributed by atoms with Crippen molar-refractivity contribution in [2.24, 2.45) is 5.73 Å². The van der Waals surface area contributed by atoms with Crippen LogP contribution < -0.4 is 31.2 Å². The molecule has 2 amide bonds. The Labute approximate surface area is 243 Å². The molecule has 10 heteroatoms. The van der Waals surface area contributed by atoms with Crippen LogP contribution in [0.2, 0.25) is 0 Å². The van der Waals surface area contributed by atoms with Gasteiger partial charge in [0.2, 0.25) is 5.91 Å². The molecule has 4 aromatic carbocycles. The van der Waals surface area contributed by atoms with Gasteiger partial charge in [0.1, 0.15) is 23.4 Å². The number of amides is 2. The fraction of sp³-hybridized carbons (Fsp3) is 0.125. The van der Waals surface area contributed by atoms with Crippen LogP contribution in [0.1, 0.15) is 40.0 Å². The van der Waals surface area contributed by atoms with E-state index >= 15 is 0 Å². The van der Waals surface area contributed by atoms with Crippen molar-refractivity contribution >= 4 is 35.0 Å². The zero-order valence-electron chi connectivity index (χ0n) is 23.1. The first-order valence-electron chi connectivity index (χ1n) is 13.0. The average molecular weight is 566 g/mol. The summed E-state index contributed by atoms with van der Waals surface area (Å²) in [4.78, 5) is 38.7. The number of nitrogen functional groups attached to an aromatic ring is 1.